The van der Waals surface area contributed by atoms with E-state index in [-0.39, 0.29) is 12.4 Å². The number of ether oxygens (including phenoxy) is 2. The van der Waals surface area contributed by atoms with Crippen LogP contribution < -0.4 is 0 Å². The van der Waals surface area contributed by atoms with Gasteiger partial charge in [0.25, 0.3) is 0 Å². The minimum Gasteiger partial charge on any atom is -0.349 e. The summed E-state index contributed by atoms with van der Waals surface area (Å²) >= 11 is 0. The van der Waals surface area contributed by atoms with Crippen LogP contribution in [0.25, 0.3) is 0 Å². The summed E-state index contributed by atoms with van der Waals surface area (Å²) in [6, 6.07) is 0. The first-order valence-electron chi connectivity index (χ1n) is 9.42. The molecule has 1 saturated heterocycles. The molecule has 1 aliphatic carbocycles. The van der Waals surface area contributed by atoms with Gasteiger partial charge in [-0.15, -0.1) is 0 Å². The molecule has 0 N–H and O–H groups in total. The molecule has 0 aromatic carbocycles. The maximum atomic E-state index is 11.8. The van der Waals surface area contributed by atoms with Crippen molar-refractivity contribution < 1.29 is 14.3 Å². The van der Waals surface area contributed by atoms with Crippen molar-refractivity contribution in [2.24, 2.45) is 11.8 Å². The molecule has 1 saturated carbocycles. The highest BCUT2D eigenvalue weighted by Crippen LogP contribution is 2.35. The number of unbranched alkanes of at least 4 members (excludes halogenated alkanes) is 3. The third kappa shape index (κ3) is 5.34. The van der Waals surface area contributed by atoms with Crippen molar-refractivity contribution in [2.45, 2.75) is 103 Å². The van der Waals surface area contributed by atoms with E-state index in [0.717, 1.165) is 38.5 Å². The Bertz CT molecular complexity index is 340. The highest BCUT2D eigenvalue weighted by molar-refractivity contribution is 5.79. The fraction of sp³-hybridized carbons (Fsp3) is 0.947. The zero-order chi connectivity index (χ0) is 15.9. The molecule has 2 rings (SSSR count). The minimum absolute atomic E-state index is 0.0908. The molecule has 4 atom stereocenters. The van der Waals surface area contributed by atoms with Gasteiger partial charge >= 0.3 is 0 Å². The molecule has 1 unspecified atom stereocenters. The molecule has 22 heavy (non-hydrogen) atoms. The van der Waals surface area contributed by atoms with E-state index in [1.165, 1.54) is 25.7 Å². The third-order valence-corrected chi connectivity index (χ3v) is 5.10. The van der Waals surface area contributed by atoms with Crippen LogP contribution in [0, 0.1) is 11.8 Å². The average Bonchev–Trinajstić information content (AvgIpc) is 2.51. The molecule has 1 heterocycles. The predicted octanol–water partition coefficient (Wildman–Crippen LogP) is 4.87. The van der Waals surface area contributed by atoms with Gasteiger partial charge in [-0.2, -0.15) is 0 Å². The van der Waals surface area contributed by atoms with Crippen LogP contribution in [0.1, 0.15) is 85.0 Å². The zero-order valence-electron chi connectivity index (χ0n) is 14.7. The molecule has 0 radical (unpaired) electrons. The SMILES string of the molecule is CCCCCC[C@H]1C[C@H](C2CCCC(=O)C2)O[C@@H](C(C)C)O1. The largest absolute Gasteiger partial charge is 0.349 e. The molecule has 0 aromatic rings. The maximum absolute atomic E-state index is 11.8. The van der Waals surface area contributed by atoms with Gasteiger partial charge in [0.1, 0.15) is 5.78 Å². The highest BCUT2D eigenvalue weighted by Gasteiger charge is 2.37. The molecule has 128 valence electrons. The second kappa shape index (κ2) is 9.02. The Kier molecular flexibility index (Phi) is 7.36. The van der Waals surface area contributed by atoms with Crippen molar-refractivity contribution in [1.29, 1.82) is 0 Å². The van der Waals surface area contributed by atoms with Crippen LogP contribution in [0.5, 0.6) is 0 Å². The fourth-order valence-corrected chi connectivity index (χ4v) is 3.74. The summed E-state index contributed by atoms with van der Waals surface area (Å²) < 4.78 is 12.4. The van der Waals surface area contributed by atoms with Crippen LogP contribution >= 0.6 is 0 Å². The smallest absolute Gasteiger partial charge is 0.160 e. The van der Waals surface area contributed by atoms with Crippen molar-refractivity contribution in [1.82, 2.24) is 0 Å². The Morgan fingerprint density at radius 2 is 2.00 bits per heavy atom. The lowest BCUT2D eigenvalue weighted by molar-refractivity contribution is -0.271. The summed E-state index contributed by atoms with van der Waals surface area (Å²) in [7, 11) is 0. The van der Waals surface area contributed by atoms with Crippen molar-refractivity contribution in [2.75, 3.05) is 0 Å². The first-order valence-corrected chi connectivity index (χ1v) is 9.42. The lowest BCUT2D eigenvalue weighted by atomic mass is 9.81. The number of carbonyl (C=O) groups excluding carboxylic acids is 1. The first kappa shape index (κ1) is 17.9. The van der Waals surface area contributed by atoms with Crippen LogP contribution in [0.15, 0.2) is 0 Å². The first-order chi connectivity index (χ1) is 10.6. The predicted molar refractivity (Wildman–Crippen MR) is 88.7 cm³/mol. The molecule has 3 nitrogen and oxygen atoms in total. The fourth-order valence-electron chi connectivity index (χ4n) is 3.74. The van der Waals surface area contributed by atoms with E-state index in [0.29, 0.717) is 23.7 Å². The molecule has 2 fully saturated rings. The number of carbonyl (C=O) groups is 1. The van der Waals surface area contributed by atoms with E-state index in [9.17, 15) is 4.79 Å². The van der Waals surface area contributed by atoms with E-state index in [1.807, 2.05) is 0 Å². The standard InChI is InChI=1S/C19H34O3/c1-4-5-6-7-11-17-13-18(22-19(21-17)14(2)3)15-9-8-10-16(20)12-15/h14-15,17-19H,4-13H2,1-3H3/t15?,17-,18+,19-/m0/s1. The lowest BCUT2D eigenvalue weighted by Crippen LogP contribution is -2.44. The molecule has 1 aliphatic heterocycles. The second-order valence-electron chi connectivity index (χ2n) is 7.53. The van der Waals surface area contributed by atoms with E-state index < -0.39 is 0 Å². The van der Waals surface area contributed by atoms with Crippen LogP contribution in [-0.2, 0) is 14.3 Å². The molecule has 0 bridgehead atoms. The van der Waals surface area contributed by atoms with Crippen LogP contribution in [0.4, 0.5) is 0 Å². The van der Waals surface area contributed by atoms with E-state index in [2.05, 4.69) is 20.8 Å². The van der Waals surface area contributed by atoms with Crippen molar-refractivity contribution >= 4 is 5.78 Å². The summed E-state index contributed by atoms with van der Waals surface area (Å²) in [5.41, 5.74) is 0. The van der Waals surface area contributed by atoms with Gasteiger partial charge in [-0.25, -0.2) is 0 Å². The van der Waals surface area contributed by atoms with Crippen LogP contribution in [-0.4, -0.2) is 24.3 Å². The van der Waals surface area contributed by atoms with E-state index in [4.69, 9.17) is 9.47 Å². The minimum atomic E-state index is -0.0908. The number of Topliss-reactive ketones (excluding diaryl/α,β-unsaturated/α-hetero) is 1. The molecule has 0 spiro atoms. The van der Waals surface area contributed by atoms with Gasteiger partial charge in [0.15, 0.2) is 6.29 Å². The Labute approximate surface area is 136 Å². The molecular formula is C19H34O3. The Balaban J connectivity index is 1.89. The normalized spacial score (nSPS) is 33.4. The van der Waals surface area contributed by atoms with E-state index >= 15 is 0 Å². The van der Waals surface area contributed by atoms with Gasteiger partial charge in [0.05, 0.1) is 12.2 Å². The van der Waals surface area contributed by atoms with Gasteiger partial charge in [0, 0.05) is 25.2 Å². The summed E-state index contributed by atoms with van der Waals surface area (Å²) in [4.78, 5) is 11.8. The molecule has 3 heteroatoms. The van der Waals surface area contributed by atoms with Gasteiger partial charge < -0.3 is 9.47 Å². The number of hydrogen-bond donors (Lipinski definition) is 0. The summed E-state index contributed by atoms with van der Waals surface area (Å²) in [5, 5.41) is 0. The van der Waals surface area contributed by atoms with Gasteiger partial charge in [-0.05, 0) is 25.2 Å². The Morgan fingerprint density at radius 1 is 1.18 bits per heavy atom. The lowest BCUT2D eigenvalue weighted by Gasteiger charge is -2.41. The van der Waals surface area contributed by atoms with Gasteiger partial charge in [-0.3, -0.25) is 4.79 Å². The quantitative estimate of drug-likeness (QED) is 0.629. The van der Waals surface area contributed by atoms with Crippen molar-refractivity contribution in [3.63, 3.8) is 0 Å². The second-order valence-corrected chi connectivity index (χ2v) is 7.53. The summed E-state index contributed by atoms with van der Waals surface area (Å²) in [5.74, 6) is 1.22. The third-order valence-electron chi connectivity index (χ3n) is 5.10. The summed E-state index contributed by atoms with van der Waals surface area (Å²) in [6.07, 6.45) is 11.4. The number of hydrogen-bond acceptors (Lipinski definition) is 3. The summed E-state index contributed by atoms with van der Waals surface area (Å²) in [6.45, 7) is 6.57. The average molecular weight is 310 g/mol. The van der Waals surface area contributed by atoms with Crippen LogP contribution in [0.2, 0.25) is 0 Å². The monoisotopic (exact) mass is 310 g/mol. The highest BCUT2D eigenvalue weighted by atomic mass is 16.7. The topological polar surface area (TPSA) is 35.5 Å². The van der Waals surface area contributed by atoms with E-state index in [1.54, 1.807) is 0 Å². The number of ketones is 1. The molecule has 0 amide bonds. The number of rotatable bonds is 7. The van der Waals surface area contributed by atoms with Crippen molar-refractivity contribution in [3.05, 3.63) is 0 Å². The zero-order valence-corrected chi connectivity index (χ0v) is 14.7. The Morgan fingerprint density at radius 3 is 2.68 bits per heavy atom. The van der Waals surface area contributed by atoms with Crippen LogP contribution in [0.3, 0.4) is 0 Å². The van der Waals surface area contributed by atoms with Crippen molar-refractivity contribution in [3.8, 4) is 0 Å². The van der Waals surface area contributed by atoms with Gasteiger partial charge in [0.2, 0.25) is 0 Å². The Hall–Kier alpha value is -0.410. The molecule has 0 aromatic heterocycles. The maximum Gasteiger partial charge on any atom is 0.160 e. The van der Waals surface area contributed by atoms with Gasteiger partial charge in [-0.1, -0.05) is 46.5 Å². The molecular weight excluding hydrogens is 276 g/mol. The molecule has 2 aliphatic rings.